The minimum Gasteiger partial charge on any atom is -0.493 e. The van der Waals surface area contributed by atoms with Crippen LogP contribution in [0.4, 0.5) is 4.79 Å². The predicted molar refractivity (Wildman–Crippen MR) is 84.2 cm³/mol. The molecule has 2 aromatic rings. The molecule has 1 saturated heterocycles. The van der Waals surface area contributed by atoms with Gasteiger partial charge in [-0.25, -0.2) is 4.98 Å². The summed E-state index contributed by atoms with van der Waals surface area (Å²) in [5.41, 5.74) is 0.709. The van der Waals surface area contributed by atoms with E-state index in [9.17, 15) is 9.59 Å². The first-order valence-corrected chi connectivity index (χ1v) is 7.34. The first kappa shape index (κ1) is 15.0. The fraction of sp³-hybridized carbons (Fsp3) is 0.0667. The van der Waals surface area contributed by atoms with Crippen LogP contribution in [-0.2, 0) is 4.79 Å². The van der Waals surface area contributed by atoms with Crippen LogP contribution in [0, 0.1) is 0 Å². The zero-order chi connectivity index (χ0) is 16.2. The highest BCUT2D eigenvalue weighted by Gasteiger charge is 2.25. The second-order valence-electron chi connectivity index (χ2n) is 4.41. The quantitative estimate of drug-likeness (QED) is 0.862. The van der Waals surface area contributed by atoms with Gasteiger partial charge >= 0.3 is 0 Å². The lowest BCUT2D eigenvalue weighted by Crippen LogP contribution is -2.17. The van der Waals surface area contributed by atoms with E-state index in [1.54, 1.807) is 30.5 Å². The molecule has 0 radical (unpaired) electrons. The fourth-order valence-electron chi connectivity index (χ4n) is 1.88. The van der Waals surface area contributed by atoms with E-state index in [1.807, 2.05) is 0 Å². The van der Waals surface area contributed by atoms with Crippen molar-refractivity contribution in [3.05, 3.63) is 47.3 Å². The molecule has 116 valence electrons. The number of thioether (sulfide) groups is 1. The van der Waals surface area contributed by atoms with Gasteiger partial charge in [0.1, 0.15) is 0 Å². The van der Waals surface area contributed by atoms with Crippen molar-refractivity contribution in [1.29, 1.82) is 0 Å². The first-order valence-electron chi connectivity index (χ1n) is 6.52. The molecule has 7 nitrogen and oxygen atoms in total. The summed E-state index contributed by atoms with van der Waals surface area (Å²) in [7, 11) is 1.51. The van der Waals surface area contributed by atoms with Crippen LogP contribution in [-0.4, -0.2) is 28.2 Å². The highest BCUT2D eigenvalue weighted by molar-refractivity contribution is 8.18. The molecule has 0 bridgehead atoms. The van der Waals surface area contributed by atoms with Crippen LogP contribution >= 0.6 is 11.8 Å². The summed E-state index contributed by atoms with van der Waals surface area (Å²) in [5.74, 6) is 0.876. The van der Waals surface area contributed by atoms with E-state index in [1.165, 1.54) is 19.5 Å². The van der Waals surface area contributed by atoms with Gasteiger partial charge in [0, 0.05) is 12.4 Å². The van der Waals surface area contributed by atoms with Gasteiger partial charge in [-0.2, -0.15) is 0 Å². The first-order chi connectivity index (χ1) is 11.2. The molecule has 8 heteroatoms. The fourth-order valence-corrected chi connectivity index (χ4v) is 2.56. The molecule has 1 aliphatic heterocycles. The third kappa shape index (κ3) is 3.49. The molecular weight excluding hydrogens is 318 g/mol. The number of amides is 2. The van der Waals surface area contributed by atoms with Gasteiger partial charge in [0.15, 0.2) is 11.5 Å². The van der Waals surface area contributed by atoms with Crippen LogP contribution in [0.25, 0.3) is 6.08 Å². The second-order valence-corrected chi connectivity index (χ2v) is 5.42. The Balaban J connectivity index is 1.87. The van der Waals surface area contributed by atoms with Crippen molar-refractivity contribution >= 4 is 29.0 Å². The number of carbonyl (C=O) groups excluding carboxylic acids is 2. The molecular formula is C15H11N3O4S. The Labute approximate surface area is 135 Å². The number of benzene rings is 1. The third-order valence-corrected chi connectivity index (χ3v) is 3.69. The van der Waals surface area contributed by atoms with Gasteiger partial charge in [-0.3, -0.25) is 19.9 Å². The average Bonchev–Trinajstić information content (AvgIpc) is 2.87. The van der Waals surface area contributed by atoms with Crippen molar-refractivity contribution < 1.29 is 19.1 Å². The van der Waals surface area contributed by atoms with Crippen LogP contribution < -0.4 is 14.8 Å². The molecule has 0 spiro atoms. The Bertz CT molecular complexity index is 793. The summed E-state index contributed by atoms with van der Waals surface area (Å²) in [6.45, 7) is 0. The molecule has 0 atom stereocenters. The number of hydrogen-bond donors (Lipinski definition) is 1. The summed E-state index contributed by atoms with van der Waals surface area (Å²) in [4.78, 5) is 31.0. The maximum atomic E-state index is 11.6. The average molecular weight is 329 g/mol. The molecule has 2 heterocycles. The smallest absolute Gasteiger partial charge is 0.290 e. The molecule has 0 aliphatic carbocycles. The molecule has 1 aromatic heterocycles. The molecule has 1 N–H and O–H groups in total. The lowest BCUT2D eigenvalue weighted by molar-refractivity contribution is -0.115. The maximum Gasteiger partial charge on any atom is 0.290 e. The molecule has 23 heavy (non-hydrogen) atoms. The largest absolute Gasteiger partial charge is 0.493 e. The van der Waals surface area contributed by atoms with Crippen molar-refractivity contribution in [3.63, 3.8) is 0 Å². The van der Waals surface area contributed by atoms with Gasteiger partial charge in [-0.15, -0.1) is 0 Å². The molecule has 0 unspecified atom stereocenters. The Morgan fingerprint density at radius 3 is 2.74 bits per heavy atom. The van der Waals surface area contributed by atoms with E-state index in [2.05, 4.69) is 15.3 Å². The van der Waals surface area contributed by atoms with Crippen molar-refractivity contribution in [3.8, 4) is 17.4 Å². The number of methoxy groups -OCH3 is 1. The van der Waals surface area contributed by atoms with Crippen LogP contribution in [0.3, 0.4) is 0 Å². The monoisotopic (exact) mass is 329 g/mol. The number of carbonyl (C=O) groups is 2. The minimum absolute atomic E-state index is 0.333. The Morgan fingerprint density at radius 2 is 2.09 bits per heavy atom. The van der Waals surface area contributed by atoms with Crippen molar-refractivity contribution in [2.75, 3.05) is 7.11 Å². The third-order valence-electron chi connectivity index (χ3n) is 2.88. The summed E-state index contributed by atoms with van der Waals surface area (Å²) < 4.78 is 10.9. The number of aromatic nitrogens is 2. The van der Waals surface area contributed by atoms with E-state index >= 15 is 0 Å². The predicted octanol–water partition coefficient (Wildman–Crippen LogP) is 2.60. The lowest BCUT2D eigenvalue weighted by Gasteiger charge is -2.10. The van der Waals surface area contributed by atoms with Crippen LogP contribution in [0.2, 0.25) is 0 Å². The van der Waals surface area contributed by atoms with Gasteiger partial charge in [-0.05, 0) is 35.5 Å². The minimum atomic E-state index is -0.404. The molecule has 0 saturated carbocycles. The molecule has 3 rings (SSSR count). The number of nitrogens with one attached hydrogen (secondary N) is 1. The Kier molecular flexibility index (Phi) is 4.24. The normalized spacial score (nSPS) is 15.6. The zero-order valence-corrected chi connectivity index (χ0v) is 12.8. The Morgan fingerprint density at radius 1 is 1.22 bits per heavy atom. The van der Waals surface area contributed by atoms with E-state index in [4.69, 9.17) is 9.47 Å². The highest BCUT2D eigenvalue weighted by Crippen LogP contribution is 2.33. The van der Waals surface area contributed by atoms with Gasteiger partial charge in [0.2, 0.25) is 5.88 Å². The number of rotatable bonds is 4. The van der Waals surface area contributed by atoms with Gasteiger partial charge < -0.3 is 9.47 Å². The number of imide groups is 1. The van der Waals surface area contributed by atoms with Crippen LogP contribution in [0.15, 0.2) is 41.7 Å². The zero-order valence-electron chi connectivity index (χ0n) is 12.0. The SMILES string of the molecule is COc1cc(C=C2SC(=O)NC2=O)ccc1Oc1cnccn1. The van der Waals surface area contributed by atoms with Crippen LogP contribution in [0.1, 0.15) is 5.56 Å². The number of nitrogens with zero attached hydrogens (tertiary/aromatic N) is 2. The van der Waals surface area contributed by atoms with Gasteiger partial charge in [0.25, 0.3) is 11.1 Å². The number of hydrogen-bond acceptors (Lipinski definition) is 7. The van der Waals surface area contributed by atoms with E-state index in [-0.39, 0.29) is 5.24 Å². The summed E-state index contributed by atoms with van der Waals surface area (Å²) in [6, 6.07) is 5.15. The van der Waals surface area contributed by atoms with E-state index in [0.29, 0.717) is 27.8 Å². The Hall–Kier alpha value is -2.87. The van der Waals surface area contributed by atoms with E-state index in [0.717, 1.165) is 11.8 Å². The summed E-state index contributed by atoms with van der Waals surface area (Å²) in [6.07, 6.45) is 6.17. The van der Waals surface area contributed by atoms with Crippen molar-refractivity contribution in [2.24, 2.45) is 0 Å². The van der Waals surface area contributed by atoms with Gasteiger partial charge in [0.05, 0.1) is 18.2 Å². The standard InChI is InChI=1S/C15H11N3O4S/c1-21-11-6-9(7-12-14(19)18-15(20)23-12)2-3-10(11)22-13-8-16-4-5-17-13/h2-8H,1H3,(H,18,19,20). The summed E-state index contributed by atoms with van der Waals surface area (Å²) in [5, 5.41) is 1.83. The number of ether oxygens (including phenoxy) is 2. The molecule has 1 aromatic carbocycles. The lowest BCUT2D eigenvalue weighted by atomic mass is 10.2. The van der Waals surface area contributed by atoms with Crippen molar-refractivity contribution in [1.82, 2.24) is 15.3 Å². The summed E-state index contributed by atoms with van der Waals surface area (Å²) >= 11 is 0.860. The molecule has 1 fully saturated rings. The highest BCUT2D eigenvalue weighted by atomic mass is 32.2. The molecule has 2 amide bonds. The topological polar surface area (TPSA) is 90.4 Å². The maximum absolute atomic E-state index is 11.6. The van der Waals surface area contributed by atoms with E-state index < -0.39 is 5.91 Å². The second kappa shape index (κ2) is 6.49. The van der Waals surface area contributed by atoms with Gasteiger partial charge in [-0.1, -0.05) is 6.07 Å². The molecule has 1 aliphatic rings. The van der Waals surface area contributed by atoms with Crippen LogP contribution in [0.5, 0.6) is 17.4 Å². The van der Waals surface area contributed by atoms with Crippen molar-refractivity contribution in [2.45, 2.75) is 0 Å².